The minimum atomic E-state index is -0.989. The van der Waals surface area contributed by atoms with Gasteiger partial charge >= 0.3 is 6.09 Å². The van der Waals surface area contributed by atoms with Gasteiger partial charge in [0.1, 0.15) is 23.4 Å². The molecule has 2 aromatic rings. The molecule has 0 heterocycles. The van der Waals surface area contributed by atoms with Crippen molar-refractivity contribution >= 4 is 36.2 Å². The molecule has 0 bridgehead atoms. The van der Waals surface area contributed by atoms with Crippen molar-refractivity contribution in [1.82, 2.24) is 10.2 Å². The zero-order valence-electron chi connectivity index (χ0n) is 21.4. The fraction of sp³-hybridized carbons (Fsp3) is 0.444. The highest BCUT2D eigenvalue weighted by Crippen LogP contribution is 2.37. The lowest BCUT2D eigenvalue weighted by Crippen LogP contribution is -2.54. The summed E-state index contributed by atoms with van der Waals surface area (Å²) in [5.41, 5.74) is 2.30. The van der Waals surface area contributed by atoms with Gasteiger partial charge in [-0.25, -0.2) is 4.79 Å². The Hall–Kier alpha value is -3.20. The molecule has 0 aliphatic heterocycles. The van der Waals surface area contributed by atoms with Gasteiger partial charge in [0.05, 0.1) is 0 Å². The second-order valence-electron chi connectivity index (χ2n) is 10.1. The Morgan fingerprint density at radius 3 is 2.17 bits per heavy atom. The number of phenolic OH excluding ortho intramolecular Hbond substituents is 1. The molecule has 8 nitrogen and oxygen atoms in total. The number of aryl methyl sites for hydroxylation is 2. The van der Waals surface area contributed by atoms with Crippen molar-refractivity contribution in [2.75, 3.05) is 11.1 Å². The lowest BCUT2D eigenvalue weighted by atomic mass is 10.0. The van der Waals surface area contributed by atoms with Crippen molar-refractivity contribution in [1.29, 1.82) is 0 Å². The number of para-hydroxylation sites is 1. The number of phenols is 1. The zero-order chi connectivity index (χ0) is 26.6. The van der Waals surface area contributed by atoms with E-state index in [2.05, 4.69) is 23.3 Å². The monoisotopic (exact) mass is 513 g/mol. The molecule has 9 heteroatoms. The molecule has 1 aliphatic carbocycles. The molecular weight excluding hydrogens is 478 g/mol. The number of thiol groups is 1. The number of amides is 3. The van der Waals surface area contributed by atoms with Crippen molar-refractivity contribution in [2.45, 2.75) is 71.2 Å². The van der Waals surface area contributed by atoms with Crippen molar-refractivity contribution in [3.63, 3.8) is 0 Å². The molecule has 194 valence electrons. The number of aromatic hydroxyl groups is 1. The molecule has 1 saturated carbocycles. The topological polar surface area (TPSA) is 108 Å². The Bertz CT molecular complexity index is 1090. The highest BCUT2D eigenvalue weighted by atomic mass is 32.1. The summed E-state index contributed by atoms with van der Waals surface area (Å²) in [4.78, 5) is 41.6. The van der Waals surface area contributed by atoms with E-state index < -0.39 is 29.7 Å². The number of ether oxygens (including phenoxy) is 1. The second kappa shape index (κ2) is 11.2. The lowest BCUT2D eigenvalue weighted by molar-refractivity contribution is -0.141. The number of benzene rings is 2. The minimum absolute atomic E-state index is 0.0299. The first-order valence-electron chi connectivity index (χ1n) is 12.0. The van der Waals surface area contributed by atoms with Gasteiger partial charge in [0.25, 0.3) is 5.91 Å². The lowest BCUT2D eigenvalue weighted by Gasteiger charge is -2.34. The summed E-state index contributed by atoms with van der Waals surface area (Å²) in [5.74, 6) is -0.722. The van der Waals surface area contributed by atoms with Gasteiger partial charge in [0.15, 0.2) is 0 Å². The first-order valence-corrected chi connectivity index (χ1v) is 12.6. The molecule has 1 fully saturated rings. The van der Waals surface area contributed by atoms with Gasteiger partial charge in [-0.2, -0.15) is 12.6 Å². The molecule has 0 aromatic heterocycles. The Labute approximate surface area is 217 Å². The van der Waals surface area contributed by atoms with Crippen LogP contribution in [0.4, 0.5) is 10.5 Å². The van der Waals surface area contributed by atoms with E-state index in [1.807, 2.05) is 32.0 Å². The van der Waals surface area contributed by atoms with Crippen LogP contribution in [-0.2, 0) is 14.3 Å². The Morgan fingerprint density at radius 1 is 1.08 bits per heavy atom. The number of carbonyl (C=O) groups is 3. The van der Waals surface area contributed by atoms with E-state index >= 15 is 0 Å². The summed E-state index contributed by atoms with van der Waals surface area (Å²) in [7, 11) is 0. The van der Waals surface area contributed by atoms with Gasteiger partial charge in [-0.05, 0) is 76.3 Å². The third-order valence-electron chi connectivity index (χ3n) is 5.83. The minimum Gasteiger partial charge on any atom is -0.508 e. The third-order valence-corrected chi connectivity index (χ3v) is 6.20. The largest absolute Gasteiger partial charge is 0.508 e. The molecule has 1 aliphatic rings. The number of hydrogen-bond acceptors (Lipinski definition) is 6. The number of carbonyl (C=O) groups excluding carboxylic acids is 3. The molecule has 3 N–H and O–H groups in total. The highest BCUT2D eigenvalue weighted by Gasteiger charge is 2.44. The van der Waals surface area contributed by atoms with Crippen LogP contribution in [-0.4, -0.2) is 51.4 Å². The molecular formula is C27H35N3O5S. The van der Waals surface area contributed by atoms with E-state index in [4.69, 9.17) is 4.74 Å². The van der Waals surface area contributed by atoms with Gasteiger partial charge in [-0.15, -0.1) is 0 Å². The second-order valence-corrected chi connectivity index (χ2v) is 10.5. The number of anilines is 1. The highest BCUT2D eigenvalue weighted by molar-refractivity contribution is 7.80. The standard InChI is InChI=1S/C27H35N3O5S/c1-16-7-6-8-17(2)22(16)29-24(32)23(18-9-13-20(31)14-10-18)30(19-11-12-19)25(33)21(15-36)28-26(34)35-27(3,4)5/h6-10,13-14,19,21,23,31,36H,11-12,15H2,1-5H3,(H,28,34)(H,29,32). The number of nitrogens with one attached hydrogen (secondary N) is 2. The maximum Gasteiger partial charge on any atom is 0.408 e. The number of rotatable bonds is 8. The normalized spacial score (nSPS) is 14.9. The van der Waals surface area contributed by atoms with Crippen LogP contribution in [0.25, 0.3) is 0 Å². The summed E-state index contributed by atoms with van der Waals surface area (Å²) in [6, 6.07) is 9.82. The predicted octanol–water partition coefficient (Wildman–Crippen LogP) is 4.50. The molecule has 36 heavy (non-hydrogen) atoms. The Morgan fingerprint density at radius 2 is 1.67 bits per heavy atom. The summed E-state index contributed by atoms with van der Waals surface area (Å²) in [6.45, 7) is 9.02. The summed E-state index contributed by atoms with van der Waals surface area (Å²) in [6.07, 6.45) is 0.748. The van der Waals surface area contributed by atoms with E-state index in [0.717, 1.165) is 24.0 Å². The Balaban J connectivity index is 1.97. The predicted molar refractivity (Wildman–Crippen MR) is 142 cm³/mol. The molecule has 2 aromatic carbocycles. The van der Waals surface area contributed by atoms with Gasteiger partial charge in [-0.1, -0.05) is 30.3 Å². The maximum absolute atomic E-state index is 13.8. The van der Waals surface area contributed by atoms with E-state index in [-0.39, 0.29) is 23.5 Å². The van der Waals surface area contributed by atoms with E-state index in [0.29, 0.717) is 11.3 Å². The summed E-state index contributed by atoms with van der Waals surface area (Å²) in [5, 5.41) is 15.4. The van der Waals surface area contributed by atoms with Crippen molar-refractivity contribution in [3.8, 4) is 5.75 Å². The van der Waals surface area contributed by atoms with Crippen molar-refractivity contribution in [3.05, 3.63) is 59.2 Å². The van der Waals surface area contributed by atoms with E-state index in [1.54, 1.807) is 32.9 Å². The molecule has 2 unspecified atom stereocenters. The molecule has 3 rings (SSSR count). The first-order chi connectivity index (χ1) is 16.9. The SMILES string of the molecule is Cc1cccc(C)c1NC(=O)C(c1ccc(O)cc1)N(C(=O)C(CS)NC(=O)OC(C)(C)C)C1CC1. The molecule has 0 saturated heterocycles. The van der Waals surface area contributed by atoms with Crippen LogP contribution in [0.5, 0.6) is 5.75 Å². The fourth-order valence-corrected chi connectivity index (χ4v) is 4.23. The van der Waals surface area contributed by atoms with Gasteiger partial charge in [-0.3, -0.25) is 9.59 Å². The van der Waals surface area contributed by atoms with Crippen LogP contribution < -0.4 is 10.6 Å². The molecule has 0 radical (unpaired) electrons. The van der Waals surface area contributed by atoms with E-state index in [1.165, 1.54) is 17.0 Å². The van der Waals surface area contributed by atoms with Crippen LogP contribution in [0.15, 0.2) is 42.5 Å². The average Bonchev–Trinajstić information content (AvgIpc) is 3.62. The number of nitrogens with zero attached hydrogens (tertiary/aromatic N) is 1. The quantitative estimate of drug-likeness (QED) is 0.389. The van der Waals surface area contributed by atoms with E-state index in [9.17, 15) is 19.5 Å². The van der Waals surface area contributed by atoms with Crippen LogP contribution in [0.1, 0.15) is 56.3 Å². The smallest absolute Gasteiger partial charge is 0.408 e. The maximum atomic E-state index is 13.8. The van der Waals surface area contributed by atoms with Crippen molar-refractivity contribution < 1.29 is 24.2 Å². The number of alkyl carbamates (subject to hydrolysis) is 1. The van der Waals surface area contributed by atoms with Crippen LogP contribution >= 0.6 is 12.6 Å². The number of hydrogen-bond donors (Lipinski definition) is 4. The molecule has 0 spiro atoms. The van der Waals surface area contributed by atoms with Gasteiger partial charge < -0.3 is 25.4 Å². The summed E-state index contributed by atoms with van der Waals surface area (Å²) >= 11 is 4.30. The third kappa shape index (κ3) is 6.94. The molecule has 3 amide bonds. The van der Waals surface area contributed by atoms with Gasteiger partial charge in [0, 0.05) is 17.5 Å². The van der Waals surface area contributed by atoms with Crippen molar-refractivity contribution in [2.24, 2.45) is 0 Å². The first kappa shape index (κ1) is 27.4. The fourth-order valence-electron chi connectivity index (χ4n) is 3.98. The zero-order valence-corrected chi connectivity index (χ0v) is 22.3. The molecule has 2 atom stereocenters. The Kier molecular flexibility index (Phi) is 8.55. The van der Waals surface area contributed by atoms with Crippen LogP contribution in [0.2, 0.25) is 0 Å². The van der Waals surface area contributed by atoms with Crippen LogP contribution in [0.3, 0.4) is 0 Å². The summed E-state index contributed by atoms with van der Waals surface area (Å²) < 4.78 is 5.33. The van der Waals surface area contributed by atoms with Gasteiger partial charge in [0.2, 0.25) is 5.91 Å². The van der Waals surface area contributed by atoms with Crippen LogP contribution in [0, 0.1) is 13.8 Å². The average molecular weight is 514 g/mol.